The average molecular weight is 216 g/mol. The molecule has 7 heteroatoms. The molecule has 0 aromatic carbocycles. The third kappa shape index (κ3) is 2.87. The number of hydrogen-bond donors (Lipinski definition) is 2. The summed E-state index contributed by atoms with van der Waals surface area (Å²) >= 11 is 0. The molecule has 1 heterocycles. The summed E-state index contributed by atoms with van der Waals surface area (Å²) in [7, 11) is -1.64. The number of nitrogens with two attached hydrogens (primary N) is 1. The van der Waals surface area contributed by atoms with E-state index in [1.54, 1.807) is 0 Å². The molecule has 0 aliphatic carbocycles. The van der Waals surface area contributed by atoms with Crippen LogP contribution in [-0.4, -0.2) is 38.9 Å². The molecule has 12 heavy (non-hydrogen) atoms. The molecule has 1 fully saturated rings. The molecule has 0 bridgehead atoms. The van der Waals surface area contributed by atoms with Crippen LogP contribution in [0, 0.1) is 0 Å². The van der Waals surface area contributed by atoms with Gasteiger partial charge in [0.1, 0.15) is 0 Å². The van der Waals surface area contributed by atoms with Gasteiger partial charge in [0, 0.05) is 19.1 Å². The van der Waals surface area contributed by atoms with Crippen LogP contribution in [0.1, 0.15) is 6.42 Å². The lowest BCUT2D eigenvalue weighted by atomic mass is 10.3. The Morgan fingerprint density at radius 1 is 1.58 bits per heavy atom. The minimum absolute atomic E-state index is 0. The molecule has 0 aromatic heterocycles. The maximum Gasteiger partial charge on any atom is 0.276 e. The first kappa shape index (κ1) is 12.1. The van der Waals surface area contributed by atoms with Crippen LogP contribution in [-0.2, 0) is 10.2 Å². The number of hydrogen-bond acceptors (Lipinski definition) is 3. The molecule has 1 aliphatic heterocycles. The Kier molecular flexibility index (Phi) is 4.43. The van der Waals surface area contributed by atoms with E-state index < -0.39 is 10.2 Å². The lowest BCUT2D eigenvalue weighted by Gasteiger charge is -2.11. The second kappa shape index (κ2) is 4.38. The predicted octanol–water partition coefficient (Wildman–Crippen LogP) is -1.09. The van der Waals surface area contributed by atoms with Crippen molar-refractivity contribution in [1.82, 2.24) is 9.62 Å². The summed E-state index contributed by atoms with van der Waals surface area (Å²) in [5, 5.41) is 7.93. The van der Waals surface area contributed by atoms with Crippen molar-refractivity contribution >= 4 is 22.6 Å². The fourth-order valence-electron chi connectivity index (χ4n) is 1.19. The second-order valence-corrected chi connectivity index (χ2v) is 4.22. The highest BCUT2D eigenvalue weighted by atomic mass is 35.5. The van der Waals surface area contributed by atoms with Gasteiger partial charge in [-0.1, -0.05) is 0 Å². The van der Waals surface area contributed by atoms with E-state index in [0.717, 1.165) is 6.42 Å². The summed E-state index contributed by atoms with van der Waals surface area (Å²) < 4.78 is 22.8. The Bertz CT molecular complexity index is 231. The lowest BCUT2D eigenvalue weighted by molar-refractivity contribution is 0.466. The van der Waals surface area contributed by atoms with Crippen LogP contribution in [0.4, 0.5) is 0 Å². The van der Waals surface area contributed by atoms with Crippen LogP contribution in [0.3, 0.4) is 0 Å². The van der Waals surface area contributed by atoms with E-state index in [1.165, 1.54) is 4.31 Å². The van der Waals surface area contributed by atoms with Gasteiger partial charge in [-0.25, -0.2) is 5.14 Å². The minimum Gasteiger partial charge on any atom is -0.316 e. The highest BCUT2D eigenvalue weighted by Gasteiger charge is 2.27. The van der Waals surface area contributed by atoms with Crippen LogP contribution in [0.2, 0.25) is 0 Å². The Labute approximate surface area is 78.9 Å². The molecule has 74 valence electrons. The van der Waals surface area contributed by atoms with E-state index in [1.807, 2.05) is 7.05 Å². The second-order valence-electron chi connectivity index (χ2n) is 2.68. The van der Waals surface area contributed by atoms with Gasteiger partial charge in [0.25, 0.3) is 10.2 Å². The van der Waals surface area contributed by atoms with Crippen molar-refractivity contribution in [3.8, 4) is 0 Å². The van der Waals surface area contributed by atoms with Crippen molar-refractivity contribution in [2.75, 3.05) is 20.1 Å². The highest BCUT2D eigenvalue weighted by Crippen LogP contribution is 2.10. The first-order valence-electron chi connectivity index (χ1n) is 3.49. The summed E-state index contributed by atoms with van der Waals surface area (Å²) in [6, 6.07) is 0.258. The lowest BCUT2D eigenvalue weighted by Crippen LogP contribution is -2.37. The molecule has 0 unspecified atom stereocenters. The molecule has 3 N–H and O–H groups in total. The third-order valence-electron chi connectivity index (χ3n) is 1.92. The number of rotatable bonds is 2. The summed E-state index contributed by atoms with van der Waals surface area (Å²) in [5.41, 5.74) is 0. The molecule has 1 aliphatic rings. The van der Waals surface area contributed by atoms with E-state index in [2.05, 4.69) is 5.32 Å². The number of halogens is 1. The summed E-state index contributed by atoms with van der Waals surface area (Å²) in [6.45, 7) is 1.03. The fourth-order valence-corrected chi connectivity index (χ4v) is 1.94. The van der Waals surface area contributed by atoms with Gasteiger partial charge in [-0.15, -0.1) is 12.4 Å². The average Bonchev–Trinajstić information content (AvgIpc) is 2.32. The van der Waals surface area contributed by atoms with E-state index in [-0.39, 0.29) is 18.4 Å². The Morgan fingerprint density at radius 3 is 2.42 bits per heavy atom. The van der Waals surface area contributed by atoms with Crippen molar-refractivity contribution in [3.05, 3.63) is 0 Å². The first-order chi connectivity index (χ1) is 5.04. The van der Waals surface area contributed by atoms with Crippen molar-refractivity contribution < 1.29 is 8.42 Å². The van der Waals surface area contributed by atoms with Gasteiger partial charge in [-0.2, -0.15) is 12.7 Å². The van der Waals surface area contributed by atoms with Crippen LogP contribution < -0.4 is 10.5 Å². The van der Waals surface area contributed by atoms with Crippen molar-refractivity contribution in [2.24, 2.45) is 5.14 Å². The van der Waals surface area contributed by atoms with Crippen LogP contribution in [0.15, 0.2) is 0 Å². The molecule has 0 aromatic rings. The maximum atomic E-state index is 10.8. The number of likely N-dealkylation sites (N-methyl/N-ethyl adjacent to an activating group) is 1. The van der Waals surface area contributed by atoms with E-state index in [0.29, 0.717) is 13.1 Å². The predicted molar refractivity (Wildman–Crippen MR) is 49.4 cm³/mol. The van der Waals surface area contributed by atoms with E-state index in [4.69, 9.17) is 5.14 Å². The van der Waals surface area contributed by atoms with E-state index in [9.17, 15) is 8.42 Å². The van der Waals surface area contributed by atoms with Gasteiger partial charge in [0.15, 0.2) is 0 Å². The minimum atomic E-state index is -3.45. The third-order valence-corrected chi connectivity index (χ3v) is 2.97. The zero-order valence-corrected chi connectivity index (χ0v) is 8.49. The summed E-state index contributed by atoms with van der Waals surface area (Å²) in [4.78, 5) is 0. The first-order valence-corrected chi connectivity index (χ1v) is 4.99. The standard InChI is InChI=1S/C5H13N3O2S.ClH/c1-7-5-2-3-8(4-5)11(6,9)10;/h5,7H,2-4H2,1H3,(H2,6,9,10);1H/t5-;/m0./s1. The normalized spacial score (nSPS) is 25.3. The summed E-state index contributed by atoms with van der Waals surface area (Å²) in [6.07, 6.45) is 0.840. The monoisotopic (exact) mass is 215 g/mol. The largest absolute Gasteiger partial charge is 0.316 e. The molecular formula is C5H14ClN3O2S. The van der Waals surface area contributed by atoms with Gasteiger partial charge in [0.05, 0.1) is 0 Å². The molecule has 1 rings (SSSR count). The van der Waals surface area contributed by atoms with Gasteiger partial charge in [0.2, 0.25) is 0 Å². The smallest absolute Gasteiger partial charge is 0.276 e. The van der Waals surface area contributed by atoms with Crippen LogP contribution in [0.25, 0.3) is 0 Å². The number of nitrogens with zero attached hydrogens (tertiary/aromatic N) is 1. The topological polar surface area (TPSA) is 75.4 Å². The van der Waals surface area contributed by atoms with E-state index >= 15 is 0 Å². The van der Waals surface area contributed by atoms with Crippen molar-refractivity contribution in [2.45, 2.75) is 12.5 Å². The van der Waals surface area contributed by atoms with Gasteiger partial charge in [-0.05, 0) is 13.5 Å². The Hall–Kier alpha value is 0.120. The SMILES string of the molecule is CN[C@H]1CCN(S(N)(=O)=O)C1.Cl. The molecule has 0 saturated carbocycles. The van der Waals surface area contributed by atoms with Crippen molar-refractivity contribution in [3.63, 3.8) is 0 Å². The maximum absolute atomic E-state index is 10.8. The van der Waals surface area contributed by atoms with Crippen LogP contribution in [0.5, 0.6) is 0 Å². The quantitative estimate of drug-likeness (QED) is 0.615. The molecule has 0 spiro atoms. The fraction of sp³-hybridized carbons (Fsp3) is 1.00. The molecule has 1 saturated heterocycles. The Morgan fingerprint density at radius 2 is 2.17 bits per heavy atom. The number of nitrogens with one attached hydrogen (secondary N) is 1. The van der Waals surface area contributed by atoms with Crippen molar-refractivity contribution in [1.29, 1.82) is 0 Å². The molecule has 0 radical (unpaired) electrons. The highest BCUT2D eigenvalue weighted by molar-refractivity contribution is 7.86. The van der Waals surface area contributed by atoms with Crippen LogP contribution >= 0.6 is 12.4 Å². The van der Waals surface area contributed by atoms with Gasteiger partial charge < -0.3 is 5.32 Å². The molecule has 0 amide bonds. The molecule has 1 atom stereocenters. The van der Waals surface area contributed by atoms with Gasteiger partial charge in [-0.3, -0.25) is 0 Å². The zero-order chi connectivity index (χ0) is 8.48. The summed E-state index contributed by atoms with van der Waals surface area (Å²) in [5.74, 6) is 0. The van der Waals surface area contributed by atoms with Gasteiger partial charge >= 0.3 is 0 Å². The molecular weight excluding hydrogens is 202 g/mol. The molecule has 5 nitrogen and oxygen atoms in total. The zero-order valence-electron chi connectivity index (χ0n) is 6.86. The Balaban J connectivity index is 0.00000121.